The van der Waals surface area contributed by atoms with E-state index in [0.29, 0.717) is 23.0 Å². The first-order valence-corrected chi connectivity index (χ1v) is 8.45. The van der Waals surface area contributed by atoms with Crippen molar-refractivity contribution >= 4 is 34.2 Å². The third kappa shape index (κ3) is 3.86. The average molecular weight is 410 g/mol. The van der Waals surface area contributed by atoms with E-state index in [1.165, 1.54) is 0 Å². The molecular weight excluding hydrogens is 390 g/mol. The molecule has 3 nitrogen and oxygen atoms in total. The molecule has 0 bridgehead atoms. The van der Waals surface area contributed by atoms with Crippen LogP contribution in [0.3, 0.4) is 0 Å². The van der Waals surface area contributed by atoms with Gasteiger partial charge >= 0.3 is 0 Å². The Balaban J connectivity index is 0.00000192. The Morgan fingerprint density at radius 1 is 1.09 bits per heavy atom. The van der Waals surface area contributed by atoms with Gasteiger partial charge in [-0.25, -0.2) is 8.78 Å². The van der Waals surface area contributed by atoms with Gasteiger partial charge in [-0.3, -0.25) is 4.79 Å². The molecule has 0 unspecified atom stereocenters. The number of carbonyl (C=O) groups excluding carboxylic acids is 1. The van der Waals surface area contributed by atoms with Crippen LogP contribution in [0.4, 0.5) is 8.78 Å². The Labute approximate surface area is 149 Å². The van der Waals surface area contributed by atoms with Crippen LogP contribution in [-0.2, 0) is 0 Å². The Kier molecular flexibility index (Phi) is 6.03. The van der Waals surface area contributed by atoms with Crippen molar-refractivity contribution in [2.24, 2.45) is 5.41 Å². The van der Waals surface area contributed by atoms with E-state index in [4.69, 9.17) is 0 Å². The number of hydrogen-bond donors (Lipinski definition) is 1. The van der Waals surface area contributed by atoms with Crippen molar-refractivity contribution in [1.82, 2.24) is 10.2 Å². The molecule has 2 saturated heterocycles. The molecule has 3 rings (SSSR count). The lowest BCUT2D eigenvalue weighted by atomic mass is 9.71. The molecule has 2 aliphatic rings. The van der Waals surface area contributed by atoms with Crippen LogP contribution in [0.5, 0.6) is 0 Å². The molecule has 0 aliphatic carbocycles. The molecule has 7 heteroatoms. The molecular formula is C16H20BrClF2N2O. The second kappa shape index (κ2) is 7.45. The van der Waals surface area contributed by atoms with Crippen LogP contribution in [0.15, 0.2) is 16.6 Å². The summed E-state index contributed by atoms with van der Waals surface area (Å²) < 4.78 is 28.2. The summed E-state index contributed by atoms with van der Waals surface area (Å²) in [5, 5.41) is 3.35. The van der Waals surface area contributed by atoms with Crippen LogP contribution in [0.25, 0.3) is 0 Å². The van der Waals surface area contributed by atoms with Gasteiger partial charge in [0, 0.05) is 17.6 Å². The first kappa shape index (κ1) is 18.6. The topological polar surface area (TPSA) is 32.3 Å². The number of nitrogens with zero attached hydrogens (tertiary/aromatic N) is 1. The maximum absolute atomic E-state index is 13.9. The summed E-state index contributed by atoms with van der Waals surface area (Å²) >= 11 is 3.03. The van der Waals surface area contributed by atoms with Gasteiger partial charge in [0.2, 0.25) is 0 Å². The monoisotopic (exact) mass is 408 g/mol. The number of benzene rings is 1. The van der Waals surface area contributed by atoms with Crippen LogP contribution in [0.2, 0.25) is 0 Å². The number of hydrogen-bond acceptors (Lipinski definition) is 2. The summed E-state index contributed by atoms with van der Waals surface area (Å²) in [7, 11) is 0. The Morgan fingerprint density at radius 2 is 1.61 bits per heavy atom. The van der Waals surface area contributed by atoms with E-state index in [2.05, 4.69) is 21.2 Å². The third-order valence-corrected chi connectivity index (χ3v) is 5.45. The summed E-state index contributed by atoms with van der Waals surface area (Å²) in [6.07, 6.45) is 4.08. The minimum atomic E-state index is -0.806. The zero-order valence-corrected chi connectivity index (χ0v) is 15.1. The number of halogens is 4. The number of carbonyl (C=O) groups is 1. The second-order valence-corrected chi connectivity index (χ2v) is 7.20. The van der Waals surface area contributed by atoms with Gasteiger partial charge in [-0.2, -0.15) is 0 Å². The van der Waals surface area contributed by atoms with E-state index in [1.54, 1.807) is 4.90 Å². The third-order valence-electron chi connectivity index (χ3n) is 5.00. The number of rotatable bonds is 1. The van der Waals surface area contributed by atoms with E-state index in [-0.39, 0.29) is 12.4 Å². The summed E-state index contributed by atoms with van der Waals surface area (Å²) in [4.78, 5) is 14.0. The van der Waals surface area contributed by atoms with Gasteiger partial charge in [0.15, 0.2) is 0 Å². The van der Waals surface area contributed by atoms with E-state index in [0.717, 1.165) is 50.9 Å². The fourth-order valence-corrected chi connectivity index (χ4v) is 3.95. The maximum Gasteiger partial charge on any atom is 0.259 e. The van der Waals surface area contributed by atoms with Crippen molar-refractivity contribution in [3.05, 3.63) is 33.8 Å². The smallest absolute Gasteiger partial charge is 0.259 e. The molecule has 2 heterocycles. The number of piperidine rings is 2. The highest BCUT2D eigenvalue weighted by Gasteiger charge is 2.37. The average Bonchev–Trinajstić information content (AvgIpc) is 2.47. The molecule has 1 N–H and O–H groups in total. The van der Waals surface area contributed by atoms with E-state index >= 15 is 0 Å². The molecule has 0 saturated carbocycles. The Hall–Kier alpha value is -0.720. The number of likely N-dealkylation sites (tertiary alicyclic amines) is 1. The number of amides is 1. The van der Waals surface area contributed by atoms with Gasteiger partial charge in [-0.15, -0.1) is 12.4 Å². The summed E-state index contributed by atoms with van der Waals surface area (Å²) in [6.45, 7) is 3.19. The molecule has 2 fully saturated rings. The molecule has 1 spiro atoms. The van der Waals surface area contributed by atoms with Crippen LogP contribution in [0, 0.1) is 17.0 Å². The fraction of sp³-hybridized carbons (Fsp3) is 0.562. The van der Waals surface area contributed by atoms with Gasteiger partial charge < -0.3 is 10.2 Å². The predicted octanol–water partition coefficient (Wildman–Crippen LogP) is 3.75. The molecule has 0 atom stereocenters. The Bertz CT molecular complexity index is 560. The van der Waals surface area contributed by atoms with Crippen LogP contribution >= 0.6 is 28.3 Å². The fourth-order valence-electron chi connectivity index (χ4n) is 3.55. The minimum Gasteiger partial charge on any atom is -0.338 e. The van der Waals surface area contributed by atoms with Crippen LogP contribution in [0.1, 0.15) is 36.0 Å². The predicted molar refractivity (Wildman–Crippen MR) is 91.0 cm³/mol. The van der Waals surface area contributed by atoms with Gasteiger partial charge in [0.25, 0.3) is 5.91 Å². The second-order valence-electron chi connectivity index (χ2n) is 6.29. The summed E-state index contributed by atoms with van der Waals surface area (Å²) in [6, 6.07) is 2.27. The lowest BCUT2D eigenvalue weighted by Gasteiger charge is -2.44. The van der Waals surface area contributed by atoms with Gasteiger partial charge in [0.1, 0.15) is 17.2 Å². The van der Waals surface area contributed by atoms with Crippen LogP contribution < -0.4 is 5.32 Å². The molecule has 1 amide bonds. The maximum atomic E-state index is 13.9. The van der Waals surface area contributed by atoms with Crippen molar-refractivity contribution in [2.75, 3.05) is 26.2 Å². The largest absolute Gasteiger partial charge is 0.338 e. The standard InChI is InChI=1S/C16H19BrF2N2O.ClH/c17-11-9-12(18)14(13(19)10-11)15(22)21-7-3-16(4-8-21)1-5-20-6-2-16;/h9-10,20H,1-8H2;1H. The van der Waals surface area contributed by atoms with Crippen molar-refractivity contribution < 1.29 is 13.6 Å². The zero-order chi connectivity index (χ0) is 15.7. The van der Waals surface area contributed by atoms with Crippen molar-refractivity contribution in [2.45, 2.75) is 25.7 Å². The normalized spacial score (nSPS) is 20.2. The highest BCUT2D eigenvalue weighted by atomic mass is 79.9. The lowest BCUT2D eigenvalue weighted by molar-refractivity contribution is 0.0488. The lowest BCUT2D eigenvalue weighted by Crippen LogP contribution is -2.47. The number of nitrogens with one attached hydrogen (secondary N) is 1. The van der Waals surface area contributed by atoms with Crippen molar-refractivity contribution in [1.29, 1.82) is 0 Å². The van der Waals surface area contributed by atoms with Gasteiger partial charge in [-0.05, 0) is 56.3 Å². The molecule has 23 heavy (non-hydrogen) atoms. The highest BCUT2D eigenvalue weighted by molar-refractivity contribution is 9.10. The van der Waals surface area contributed by atoms with Crippen LogP contribution in [-0.4, -0.2) is 37.0 Å². The molecule has 1 aromatic carbocycles. The summed E-state index contributed by atoms with van der Waals surface area (Å²) in [5.41, 5.74) is -0.136. The highest BCUT2D eigenvalue weighted by Crippen LogP contribution is 2.39. The van der Waals surface area contributed by atoms with Gasteiger partial charge in [-0.1, -0.05) is 15.9 Å². The van der Waals surface area contributed by atoms with Crippen molar-refractivity contribution in [3.8, 4) is 0 Å². The summed E-state index contributed by atoms with van der Waals surface area (Å²) in [5.74, 6) is -2.15. The zero-order valence-electron chi connectivity index (χ0n) is 12.7. The van der Waals surface area contributed by atoms with E-state index in [9.17, 15) is 13.6 Å². The quantitative estimate of drug-likeness (QED) is 0.766. The SMILES string of the molecule is Cl.O=C(c1c(F)cc(Br)cc1F)N1CCC2(CCNCC2)CC1. The minimum absolute atomic E-state index is 0. The van der Waals surface area contributed by atoms with E-state index < -0.39 is 23.1 Å². The molecule has 2 aliphatic heterocycles. The van der Waals surface area contributed by atoms with Crippen molar-refractivity contribution in [3.63, 3.8) is 0 Å². The molecule has 1 aromatic rings. The molecule has 0 aromatic heterocycles. The molecule has 128 valence electrons. The molecule has 0 radical (unpaired) electrons. The van der Waals surface area contributed by atoms with E-state index in [1.807, 2.05) is 0 Å². The first-order valence-electron chi connectivity index (χ1n) is 7.65. The Morgan fingerprint density at radius 3 is 2.13 bits per heavy atom. The first-order chi connectivity index (χ1) is 10.5. The van der Waals surface area contributed by atoms with Gasteiger partial charge in [0.05, 0.1) is 0 Å².